The standard InChI is InChI=1S/2C17H19NO3.H2O6S.4H2O.2H2/c2*1-18-7-6-17-10-3-5-13(20)16(17)21-15-12(19)4-2-9(14(15)17)8-11(10)18;1-5-7(3,4)6-2;;;;;;/h2*2-5,8,10-11,13-14,16,19-20H,6-7H2,1H3;1-2H;4*1H2;2*1H/t2*10-,11+,13-,14?,16-,17-;;;;;;;/m00......./s1. The minimum absolute atomic E-state index is 0. The van der Waals surface area contributed by atoms with Gasteiger partial charge < -0.3 is 51.8 Å². The molecule has 4 saturated heterocycles. The summed E-state index contributed by atoms with van der Waals surface area (Å²) in [6.45, 7) is 2.00. The normalized spacial score (nSPS) is 41.0. The summed E-state index contributed by atoms with van der Waals surface area (Å²) in [6, 6.07) is 0.702. The number of hydrogen-bond acceptors (Lipinski definition) is 14. The Balaban J connectivity index is 0.000000298. The highest BCUT2D eigenvalue weighted by Gasteiger charge is 2.69. The quantitative estimate of drug-likeness (QED) is 0.116. The molecule has 10 rings (SSSR count). The molecule has 6 aliphatic carbocycles. The molecule has 4 heterocycles. The van der Waals surface area contributed by atoms with Gasteiger partial charge in [0.2, 0.25) is 0 Å². The molecular formula is C34H52N2O16S. The SMILES string of the molecule is CN1CC[C@@]23C4C5=C[C@@H]1[C@@H]2C=C[C@H](O)[C@@H]3OC4=C(O)C=C5.CN1CC[C@@]23C4C5=C[C@@H]1[C@@H]2C=C[C@H](O)[C@@H]3OC4=C(O)C=C5.O.O.O.O.O=S(=O)(OO)OO.[HH].[HH]. The fourth-order valence-corrected chi connectivity index (χ4v) is 10.6. The van der Waals surface area contributed by atoms with E-state index in [0.717, 1.165) is 25.9 Å². The molecule has 4 bridgehead atoms. The Morgan fingerprint density at radius 2 is 1.08 bits per heavy atom. The Labute approximate surface area is 308 Å². The van der Waals surface area contributed by atoms with E-state index >= 15 is 0 Å². The topological polar surface area (TPSA) is 325 Å². The summed E-state index contributed by atoms with van der Waals surface area (Å²) in [5.74, 6) is 2.68. The van der Waals surface area contributed by atoms with Gasteiger partial charge in [0.25, 0.3) is 0 Å². The van der Waals surface area contributed by atoms with Gasteiger partial charge in [0.05, 0.1) is 11.8 Å². The highest BCUT2D eigenvalue weighted by molar-refractivity contribution is 7.81. The Kier molecular flexibility index (Phi) is 11.7. The summed E-state index contributed by atoms with van der Waals surface area (Å²) in [6.07, 6.45) is 20.6. The van der Waals surface area contributed by atoms with Crippen LogP contribution in [0.25, 0.3) is 0 Å². The Morgan fingerprint density at radius 1 is 0.698 bits per heavy atom. The largest absolute Gasteiger partial charge is 0.504 e. The first-order valence-electron chi connectivity index (χ1n) is 16.4. The third-order valence-corrected chi connectivity index (χ3v) is 12.9. The van der Waals surface area contributed by atoms with E-state index in [1.807, 2.05) is 24.3 Å². The molecule has 0 aromatic rings. The van der Waals surface area contributed by atoms with Crippen LogP contribution in [0, 0.1) is 34.5 Å². The Hall–Kier alpha value is -3.41. The molecule has 2 unspecified atom stereocenters. The minimum atomic E-state index is -4.55. The zero-order valence-electron chi connectivity index (χ0n) is 28.8. The van der Waals surface area contributed by atoms with E-state index in [2.05, 4.69) is 56.9 Å². The lowest BCUT2D eigenvalue weighted by Crippen LogP contribution is -2.62. The Bertz CT molecular complexity index is 1690. The molecule has 4 fully saturated rings. The van der Waals surface area contributed by atoms with Crippen LogP contribution in [-0.2, 0) is 28.5 Å². The summed E-state index contributed by atoms with van der Waals surface area (Å²) >= 11 is 0. The second-order valence-electron chi connectivity index (χ2n) is 14.5. The van der Waals surface area contributed by atoms with Gasteiger partial charge in [-0.2, -0.15) is 8.42 Å². The van der Waals surface area contributed by atoms with Crippen LogP contribution in [0.4, 0.5) is 0 Å². The van der Waals surface area contributed by atoms with Gasteiger partial charge in [0.15, 0.2) is 11.5 Å². The first kappa shape index (κ1) is 42.3. The second kappa shape index (κ2) is 14.7. The van der Waals surface area contributed by atoms with Gasteiger partial charge in [0.1, 0.15) is 35.9 Å². The number of aliphatic hydroxyl groups excluding tert-OH is 4. The van der Waals surface area contributed by atoms with Crippen LogP contribution in [0.5, 0.6) is 0 Å². The highest BCUT2D eigenvalue weighted by Crippen LogP contribution is 2.66. The molecular weight excluding hydrogens is 724 g/mol. The number of hydrogen-bond donors (Lipinski definition) is 6. The molecule has 19 heteroatoms. The number of aliphatic hydroxyl groups is 4. The van der Waals surface area contributed by atoms with E-state index in [1.54, 1.807) is 12.2 Å². The van der Waals surface area contributed by atoms with Crippen LogP contribution in [0.1, 0.15) is 15.7 Å². The van der Waals surface area contributed by atoms with Crippen LogP contribution in [-0.4, -0.2) is 135 Å². The van der Waals surface area contributed by atoms with Crippen molar-refractivity contribution in [3.8, 4) is 0 Å². The molecule has 18 nitrogen and oxygen atoms in total. The van der Waals surface area contributed by atoms with Crippen LogP contribution in [0.3, 0.4) is 0 Å². The van der Waals surface area contributed by atoms with Crippen molar-refractivity contribution in [3.05, 3.63) is 94.9 Å². The van der Waals surface area contributed by atoms with Crippen molar-refractivity contribution in [2.24, 2.45) is 34.5 Å². The number of rotatable bonds is 2. The van der Waals surface area contributed by atoms with Crippen molar-refractivity contribution in [2.75, 3.05) is 27.2 Å². The van der Waals surface area contributed by atoms with Crippen molar-refractivity contribution in [3.63, 3.8) is 0 Å². The number of piperidine rings is 2. The van der Waals surface area contributed by atoms with Crippen molar-refractivity contribution in [2.45, 2.75) is 49.3 Å². The number of nitrogens with zero attached hydrogens (tertiary/aromatic N) is 2. The van der Waals surface area contributed by atoms with E-state index in [4.69, 9.17) is 20.0 Å². The van der Waals surface area contributed by atoms with E-state index in [-0.39, 0.29) is 71.2 Å². The third-order valence-electron chi connectivity index (χ3n) is 12.6. The van der Waals surface area contributed by atoms with Crippen LogP contribution in [0.2, 0.25) is 0 Å². The molecule has 2 spiro atoms. The van der Waals surface area contributed by atoms with Crippen molar-refractivity contribution < 1.29 is 82.3 Å². The number of likely N-dealkylation sites (tertiary alicyclic amines) is 2. The molecule has 0 aromatic heterocycles. The smallest absolute Gasteiger partial charge is 0.452 e. The maximum atomic E-state index is 10.4. The predicted molar refractivity (Wildman–Crippen MR) is 190 cm³/mol. The number of allylic oxidation sites excluding steroid dienone is 6. The van der Waals surface area contributed by atoms with E-state index in [9.17, 15) is 28.8 Å². The molecule has 10 aliphatic rings. The lowest BCUT2D eigenvalue weighted by molar-refractivity contribution is -0.198. The van der Waals surface area contributed by atoms with Crippen LogP contribution < -0.4 is 0 Å². The summed E-state index contributed by atoms with van der Waals surface area (Å²) < 4.78 is 36.2. The van der Waals surface area contributed by atoms with Crippen molar-refractivity contribution in [1.82, 2.24) is 9.80 Å². The molecule has 0 radical (unpaired) electrons. The van der Waals surface area contributed by atoms with Crippen molar-refractivity contribution >= 4 is 10.4 Å². The zero-order chi connectivity index (χ0) is 34.6. The first-order valence-corrected chi connectivity index (χ1v) is 17.7. The second-order valence-corrected chi connectivity index (χ2v) is 15.6. The molecule has 53 heavy (non-hydrogen) atoms. The van der Waals surface area contributed by atoms with Gasteiger partial charge in [-0.1, -0.05) is 57.3 Å². The molecule has 300 valence electrons. The molecule has 0 amide bonds. The Morgan fingerprint density at radius 3 is 1.42 bits per heavy atom. The fraction of sp³-hybridized carbons (Fsp3) is 0.529. The molecule has 0 aromatic carbocycles. The van der Waals surface area contributed by atoms with Crippen LogP contribution >= 0.6 is 0 Å². The first-order chi connectivity index (χ1) is 23.4. The average molecular weight is 777 g/mol. The van der Waals surface area contributed by atoms with Gasteiger partial charge >= 0.3 is 10.4 Å². The molecule has 4 aliphatic heterocycles. The maximum absolute atomic E-state index is 10.4. The summed E-state index contributed by atoms with van der Waals surface area (Å²) in [5, 5.41) is 55.8. The lowest BCUT2D eigenvalue weighted by Gasteiger charge is -2.57. The number of ether oxygens (including phenoxy) is 2. The molecule has 14 N–H and O–H groups in total. The van der Waals surface area contributed by atoms with Gasteiger partial charge in [-0.15, -0.1) is 0 Å². The minimum Gasteiger partial charge on any atom is -0.504 e. The van der Waals surface area contributed by atoms with Gasteiger partial charge in [-0.3, -0.25) is 9.80 Å². The van der Waals surface area contributed by atoms with Crippen LogP contribution in [0.15, 0.2) is 94.9 Å². The van der Waals surface area contributed by atoms with Crippen molar-refractivity contribution in [1.29, 1.82) is 0 Å². The molecule has 0 saturated carbocycles. The van der Waals surface area contributed by atoms with E-state index in [0.29, 0.717) is 35.4 Å². The van der Waals surface area contributed by atoms with Gasteiger partial charge in [0, 0.05) is 37.6 Å². The van der Waals surface area contributed by atoms with E-state index in [1.165, 1.54) is 11.1 Å². The zero-order valence-corrected chi connectivity index (χ0v) is 29.6. The maximum Gasteiger partial charge on any atom is 0.452 e. The summed E-state index contributed by atoms with van der Waals surface area (Å²) in [7, 11) is -0.214. The number of likely N-dealkylation sites (N-methyl/N-ethyl adjacent to an activating group) is 2. The van der Waals surface area contributed by atoms with Gasteiger partial charge in [-0.25, -0.2) is 10.5 Å². The fourth-order valence-electron chi connectivity index (χ4n) is 10.6. The average Bonchev–Trinajstić information content (AvgIpc) is 3.64. The predicted octanol–water partition coefficient (Wildman–Crippen LogP) is -0.560. The summed E-state index contributed by atoms with van der Waals surface area (Å²) in [5.41, 5.74) is 2.26. The monoisotopic (exact) mass is 776 g/mol. The van der Waals surface area contributed by atoms with E-state index < -0.39 is 22.6 Å². The molecule has 12 atom stereocenters. The van der Waals surface area contributed by atoms with Gasteiger partial charge in [-0.05, 0) is 63.3 Å². The lowest BCUT2D eigenvalue weighted by atomic mass is 9.51. The summed E-state index contributed by atoms with van der Waals surface area (Å²) in [4.78, 5) is 4.78. The third kappa shape index (κ3) is 5.82. The highest BCUT2D eigenvalue weighted by atomic mass is 32.3.